The largest absolute Gasteiger partial charge is 0.497 e. The van der Waals surface area contributed by atoms with Gasteiger partial charge in [-0.25, -0.2) is 0 Å². The molecule has 1 aliphatic rings. The molecule has 114 valence electrons. The first-order valence-electron chi connectivity index (χ1n) is 6.37. The lowest BCUT2D eigenvalue weighted by Crippen LogP contribution is -2.46. The summed E-state index contributed by atoms with van der Waals surface area (Å²) in [5.74, 6) is -0.612. The van der Waals surface area contributed by atoms with Crippen LogP contribution in [0.5, 0.6) is 11.5 Å². The van der Waals surface area contributed by atoms with Crippen LogP contribution >= 0.6 is 0 Å². The van der Waals surface area contributed by atoms with E-state index in [9.17, 15) is 14.9 Å². The Morgan fingerprint density at radius 2 is 2.29 bits per heavy atom. The van der Waals surface area contributed by atoms with Crippen molar-refractivity contribution in [2.75, 3.05) is 7.11 Å². The number of aliphatic carboxylic acids is 1. The summed E-state index contributed by atoms with van der Waals surface area (Å²) < 4.78 is 10.6. The number of ether oxygens (including phenoxy) is 2. The van der Waals surface area contributed by atoms with Gasteiger partial charge in [-0.3, -0.25) is 14.9 Å². The maximum absolute atomic E-state index is 11.1. The fraction of sp³-hybridized carbons (Fsp3) is 0.462. The quantitative estimate of drug-likeness (QED) is 0.620. The molecule has 0 saturated heterocycles. The Hall–Kier alpha value is -2.35. The Bertz CT molecular complexity index is 576. The number of hydrogen-bond donors (Lipinski definition) is 2. The van der Waals surface area contributed by atoms with Gasteiger partial charge >= 0.3 is 11.7 Å². The highest BCUT2D eigenvalue weighted by Gasteiger charge is 2.43. The summed E-state index contributed by atoms with van der Waals surface area (Å²) in [4.78, 5) is 21.5. The summed E-state index contributed by atoms with van der Waals surface area (Å²) >= 11 is 0. The number of benzene rings is 1. The van der Waals surface area contributed by atoms with Crippen molar-refractivity contribution in [3.05, 3.63) is 28.3 Å². The number of carbonyl (C=O) groups is 1. The van der Waals surface area contributed by atoms with E-state index in [4.69, 9.17) is 20.3 Å². The Balaban J connectivity index is 2.20. The van der Waals surface area contributed by atoms with Gasteiger partial charge in [0.2, 0.25) is 5.75 Å². The number of rotatable bonds is 5. The zero-order valence-corrected chi connectivity index (χ0v) is 11.4. The van der Waals surface area contributed by atoms with Gasteiger partial charge in [-0.05, 0) is 18.9 Å². The van der Waals surface area contributed by atoms with Crippen LogP contribution < -0.4 is 15.2 Å². The molecule has 0 bridgehead atoms. The lowest BCUT2D eigenvalue weighted by molar-refractivity contribution is -0.386. The topological polar surface area (TPSA) is 125 Å². The number of nitro groups is 1. The normalized spacial score (nSPS) is 24.6. The summed E-state index contributed by atoms with van der Waals surface area (Å²) in [5.41, 5.74) is 4.23. The standard InChI is InChI=1S/C13H16N2O6/c1-20-8-2-3-10(15(18)19)11(6-8)21-9-4-5-13(14,7-9)12(16)17/h2-3,6,9H,4-5,7,14H2,1H3,(H,16,17). The van der Waals surface area contributed by atoms with Crippen LogP contribution in [0.3, 0.4) is 0 Å². The molecule has 8 nitrogen and oxygen atoms in total. The minimum Gasteiger partial charge on any atom is -0.497 e. The van der Waals surface area contributed by atoms with Gasteiger partial charge in [-0.15, -0.1) is 0 Å². The molecule has 0 radical (unpaired) electrons. The Kier molecular flexibility index (Phi) is 3.99. The van der Waals surface area contributed by atoms with Gasteiger partial charge in [0.05, 0.1) is 12.0 Å². The fourth-order valence-electron chi connectivity index (χ4n) is 2.37. The van der Waals surface area contributed by atoms with Gasteiger partial charge in [-0.2, -0.15) is 0 Å². The minimum absolute atomic E-state index is 0.0546. The van der Waals surface area contributed by atoms with Crippen LogP contribution in [-0.4, -0.2) is 34.8 Å². The van der Waals surface area contributed by atoms with Crippen molar-refractivity contribution in [3.63, 3.8) is 0 Å². The van der Waals surface area contributed by atoms with Crippen LogP contribution in [0.25, 0.3) is 0 Å². The molecule has 2 rings (SSSR count). The molecule has 0 amide bonds. The molecule has 1 fully saturated rings. The molecule has 1 aromatic rings. The van der Waals surface area contributed by atoms with Crippen molar-refractivity contribution in [2.45, 2.75) is 30.9 Å². The van der Waals surface area contributed by atoms with E-state index in [1.54, 1.807) is 0 Å². The monoisotopic (exact) mass is 296 g/mol. The van der Waals surface area contributed by atoms with Gasteiger partial charge < -0.3 is 20.3 Å². The second kappa shape index (κ2) is 5.57. The van der Waals surface area contributed by atoms with Crippen LogP contribution in [0.1, 0.15) is 19.3 Å². The highest BCUT2D eigenvalue weighted by molar-refractivity contribution is 5.79. The number of nitrogens with two attached hydrogens (primary N) is 1. The molecule has 2 atom stereocenters. The first-order valence-corrected chi connectivity index (χ1v) is 6.37. The third-order valence-corrected chi connectivity index (χ3v) is 3.59. The lowest BCUT2D eigenvalue weighted by atomic mass is 10.00. The highest BCUT2D eigenvalue weighted by Crippen LogP contribution is 2.36. The molecule has 2 unspecified atom stereocenters. The number of carboxylic acid groups (broad SMARTS) is 1. The molecule has 1 saturated carbocycles. The van der Waals surface area contributed by atoms with Gasteiger partial charge in [0.15, 0.2) is 0 Å². The molecule has 1 aromatic carbocycles. The first kappa shape index (κ1) is 15.0. The zero-order valence-electron chi connectivity index (χ0n) is 11.4. The zero-order chi connectivity index (χ0) is 15.6. The molecule has 8 heteroatoms. The van der Waals surface area contributed by atoms with Crippen molar-refractivity contribution >= 4 is 11.7 Å². The molecular weight excluding hydrogens is 280 g/mol. The van der Waals surface area contributed by atoms with Crippen LogP contribution in [-0.2, 0) is 4.79 Å². The van der Waals surface area contributed by atoms with Crippen LogP contribution in [0.15, 0.2) is 18.2 Å². The smallest absolute Gasteiger partial charge is 0.323 e. The van der Waals surface area contributed by atoms with Crippen molar-refractivity contribution in [1.29, 1.82) is 0 Å². The molecule has 21 heavy (non-hydrogen) atoms. The molecular formula is C13H16N2O6. The number of nitrogens with zero attached hydrogens (tertiary/aromatic N) is 1. The van der Waals surface area contributed by atoms with Gasteiger partial charge in [0, 0.05) is 18.6 Å². The summed E-state index contributed by atoms with van der Waals surface area (Å²) in [6, 6.07) is 4.16. The van der Waals surface area contributed by atoms with Crippen LogP contribution in [0.4, 0.5) is 5.69 Å². The summed E-state index contributed by atoms with van der Waals surface area (Å²) in [5, 5.41) is 20.1. The fourth-order valence-corrected chi connectivity index (χ4v) is 2.37. The highest BCUT2D eigenvalue weighted by atomic mass is 16.6. The van der Waals surface area contributed by atoms with Crippen molar-refractivity contribution in [3.8, 4) is 11.5 Å². The van der Waals surface area contributed by atoms with Gasteiger partial charge in [-0.1, -0.05) is 0 Å². The lowest BCUT2D eigenvalue weighted by Gasteiger charge is -2.18. The minimum atomic E-state index is -1.34. The number of carboxylic acids is 1. The molecule has 0 aromatic heterocycles. The molecule has 0 aliphatic heterocycles. The third-order valence-electron chi connectivity index (χ3n) is 3.59. The van der Waals surface area contributed by atoms with Crippen molar-refractivity contribution < 1.29 is 24.3 Å². The van der Waals surface area contributed by atoms with E-state index in [-0.39, 0.29) is 24.3 Å². The van der Waals surface area contributed by atoms with Crippen LogP contribution in [0.2, 0.25) is 0 Å². The average Bonchev–Trinajstić information content (AvgIpc) is 2.81. The second-order valence-corrected chi connectivity index (χ2v) is 5.03. The Morgan fingerprint density at radius 3 is 2.81 bits per heavy atom. The molecule has 3 N–H and O–H groups in total. The average molecular weight is 296 g/mol. The summed E-state index contributed by atoms with van der Waals surface area (Å²) in [6.07, 6.45) is 0.329. The molecule has 1 aliphatic carbocycles. The van der Waals surface area contributed by atoms with E-state index in [1.807, 2.05) is 0 Å². The second-order valence-electron chi connectivity index (χ2n) is 5.03. The number of methoxy groups -OCH3 is 1. The van der Waals surface area contributed by atoms with Crippen LogP contribution in [0, 0.1) is 10.1 Å². The van der Waals surface area contributed by atoms with E-state index in [2.05, 4.69) is 0 Å². The Morgan fingerprint density at radius 1 is 1.57 bits per heavy atom. The number of nitro benzene ring substituents is 1. The van der Waals surface area contributed by atoms with Crippen molar-refractivity contribution in [1.82, 2.24) is 0 Å². The van der Waals surface area contributed by atoms with E-state index in [1.165, 1.54) is 25.3 Å². The predicted octanol–water partition coefficient (Wildman–Crippen LogP) is 1.32. The summed E-state index contributed by atoms with van der Waals surface area (Å²) in [7, 11) is 1.44. The van der Waals surface area contributed by atoms with E-state index < -0.39 is 22.5 Å². The van der Waals surface area contributed by atoms with E-state index in [0.717, 1.165) is 0 Å². The Labute approximate surface area is 120 Å². The maximum atomic E-state index is 11.1. The predicted molar refractivity (Wildman–Crippen MR) is 72.5 cm³/mol. The van der Waals surface area contributed by atoms with Gasteiger partial charge in [0.25, 0.3) is 0 Å². The third kappa shape index (κ3) is 3.05. The van der Waals surface area contributed by atoms with Crippen molar-refractivity contribution in [2.24, 2.45) is 5.73 Å². The SMILES string of the molecule is COc1ccc([N+](=O)[O-])c(OC2CCC(N)(C(=O)O)C2)c1. The van der Waals surface area contributed by atoms with Gasteiger partial charge in [0.1, 0.15) is 17.4 Å². The first-order chi connectivity index (χ1) is 9.85. The van der Waals surface area contributed by atoms with E-state index >= 15 is 0 Å². The number of hydrogen-bond acceptors (Lipinski definition) is 6. The summed E-state index contributed by atoms with van der Waals surface area (Å²) in [6.45, 7) is 0. The molecule has 0 heterocycles. The van der Waals surface area contributed by atoms with E-state index in [0.29, 0.717) is 12.2 Å². The maximum Gasteiger partial charge on any atom is 0.323 e. The molecule has 0 spiro atoms.